The van der Waals surface area contributed by atoms with E-state index in [-0.39, 0.29) is 11.6 Å². The first-order chi connectivity index (χ1) is 8.52. The molecule has 18 heavy (non-hydrogen) atoms. The molecule has 0 aromatic heterocycles. The predicted molar refractivity (Wildman–Crippen MR) is 66.9 cm³/mol. The maximum atomic E-state index is 12.4. The van der Waals surface area contributed by atoms with Crippen molar-refractivity contribution in [3.8, 4) is 0 Å². The van der Waals surface area contributed by atoms with Crippen molar-refractivity contribution in [3.05, 3.63) is 59.2 Å². The number of hydrogen-bond acceptors (Lipinski definition) is 4. The summed E-state index contributed by atoms with van der Waals surface area (Å²) in [6, 6.07) is 6.76. The topological polar surface area (TPSA) is 86.2 Å². The maximum Gasteiger partial charge on any atom is 0.190 e. The van der Waals surface area contributed by atoms with Crippen LogP contribution in [-0.2, 0) is 0 Å². The monoisotopic (exact) mass is 240 g/mol. The van der Waals surface area contributed by atoms with E-state index in [9.17, 15) is 9.59 Å². The summed E-state index contributed by atoms with van der Waals surface area (Å²) in [5, 5.41) is 0. The third-order valence-electron chi connectivity index (χ3n) is 3.43. The number of nitrogens with two attached hydrogens (primary N) is 2. The van der Waals surface area contributed by atoms with Gasteiger partial charge in [-0.3, -0.25) is 9.59 Å². The predicted octanol–water partition coefficient (Wildman–Crippen LogP) is 0.792. The molecule has 4 N–H and O–H groups in total. The van der Waals surface area contributed by atoms with Crippen LogP contribution in [0, 0.1) is 5.92 Å². The molecule has 4 nitrogen and oxygen atoms in total. The molecule has 0 bridgehead atoms. The smallest absolute Gasteiger partial charge is 0.190 e. The lowest BCUT2D eigenvalue weighted by atomic mass is 9.70. The molecule has 0 fully saturated rings. The molecule has 1 unspecified atom stereocenters. The van der Waals surface area contributed by atoms with E-state index in [1.807, 2.05) is 0 Å². The van der Waals surface area contributed by atoms with Gasteiger partial charge in [0.1, 0.15) is 0 Å². The number of Topliss-reactive ketones (excluding diaryl/α,β-unsaturated/α-hetero) is 2. The van der Waals surface area contributed by atoms with E-state index in [0.717, 1.165) is 0 Å². The highest BCUT2D eigenvalue weighted by Gasteiger charge is 2.46. The highest BCUT2D eigenvalue weighted by Crippen LogP contribution is 2.36. The van der Waals surface area contributed by atoms with E-state index in [1.165, 1.54) is 0 Å². The minimum absolute atomic E-state index is 0.167. The van der Waals surface area contributed by atoms with Gasteiger partial charge in [0.15, 0.2) is 11.6 Å². The molecule has 0 heterocycles. The molecule has 1 aromatic rings. The molecular formula is C14H12N2O2. The highest BCUT2D eigenvalue weighted by molar-refractivity contribution is 6.24. The average molecular weight is 240 g/mol. The average Bonchev–Trinajstić information content (AvgIpc) is 2.35. The third-order valence-corrected chi connectivity index (χ3v) is 3.43. The van der Waals surface area contributed by atoms with Crippen molar-refractivity contribution < 1.29 is 9.59 Å². The molecule has 0 saturated heterocycles. The van der Waals surface area contributed by atoms with Crippen LogP contribution in [0.25, 0.3) is 0 Å². The van der Waals surface area contributed by atoms with Gasteiger partial charge in [0, 0.05) is 16.7 Å². The molecule has 0 radical (unpaired) electrons. The first-order valence-corrected chi connectivity index (χ1v) is 5.67. The Morgan fingerprint density at radius 1 is 1.06 bits per heavy atom. The van der Waals surface area contributed by atoms with E-state index in [1.54, 1.807) is 42.5 Å². The Labute approximate surface area is 104 Å². The Morgan fingerprint density at radius 3 is 2.44 bits per heavy atom. The molecule has 0 amide bonds. The van der Waals surface area contributed by atoms with Crippen LogP contribution in [0.5, 0.6) is 0 Å². The second-order valence-electron chi connectivity index (χ2n) is 4.65. The van der Waals surface area contributed by atoms with Gasteiger partial charge in [0.05, 0.1) is 11.6 Å². The van der Waals surface area contributed by atoms with Gasteiger partial charge < -0.3 is 11.5 Å². The van der Waals surface area contributed by atoms with Crippen LogP contribution >= 0.6 is 0 Å². The van der Waals surface area contributed by atoms with Gasteiger partial charge in [0.25, 0.3) is 0 Å². The number of carbonyl (C=O) groups is 2. The Balaban J connectivity index is 2.26. The summed E-state index contributed by atoms with van der Waals surface area (Å²) in [7, 11) is 0. The lowest BCUT2D eigenvalue weighted by Crippen LogP contribution is -2.59. The van der Waals surface area contributed by atoms with E-state index in [4.69, 9.17) is 11.5 Å². The van der Waals surface area contributed by atoms with Crippen LogP contribution in [-0.4, -0.2) is 17.2 Å². The summed E-state index contributed by atoms with van der Waals surface area (Å²) in [4.78, 5) is 24.7. The Bertz CT molecular complexity index is 626. The molecule has 1 atom stereocenters. The van der Waals surface area contributed by atoms with Crippen molar-refractivity contribution in [1.29, 1.82) is 0 Å². The van der Waals surface area contributed by atoms with E-state index >= 15 is 0 Å². The normalized spacial score (nSPS) is 24.3. The maximum absolute atomic E-state index is 12.4. The van der Waals surface area contributed by atoms with Gasteiger partial charge in [0.2, 0.25) is 0 Å². The zero-order valence-electron chi connectivity index (χ0n) is 9.59. The van der Waals surface area contributed by atoms with Gasteiger partial charge in [-0.25, -0.2) is 0 Å². The van der Waals surface area contributed by atoms with Crippen LogP contribution in [0.15, 0.2) is 48.1 Å². The van der Waals surface area contributed by atoms with Crippen LogP contribution in [0.2, 0.25) is 0 Å². The largest absolute Gasteiger partial charge is 0.309 e. The minimum atomic E-state index is -1.30. The van der Waals surface area contributed by atoms with Gasteiger partial charge in [-0.1, -0.05) is 36.4 Å². The van der Waals surface area contributed by atoms with Crippen LogP contribution in [0.4, 0.5) is 0 Å². The van der Waals surface area contributed by atoms with Gasteiger partial charge in [-0.15, -0.1) is 0 Å². The number of ketones is 2. The highest BCUT2D eigenvalue weighted by atomic mass is 16.1. The first-order valence-electron chi connectivity index (χ1n) is 5.67. The number of carbonyl (C=O) groups excluding carboxylic acids is 2. The molecule has 2 aliphatic carbocycles. The second-order valence-corrected chi connectivity index (χ2v) is 4.65. The fourth-order valence-corrected chi connectivity index (χ4v) is 2.56. The minimum Gasteiger partial charge on any atom is -0.309 e. The molecular weight excluding hydrogens is 228 g/mol. The molecule has 3 rings (SSSR count). The SMILES string of the molecule is NC1(N)C=CC=C2C(=O)c3ccccc3C(=O)C21. The summed E-state index contributed by atoms with van der Waals surface area (Å²) in [6.07, 6.45) is 4.81. The zero-order chi connectivity index (χ0) is 12.9. The van der Waals surface area contributed by atoms with Crippen molar-refractivity contribution in [3.63, 3.8) is 0 Å². The number of rotatable bonds is 0. The summed E-state index contributed by atoms with van der Waals surface area (Å²) in [6.45, 7) is 0. The van der Waals surface area contributed by atoms with Crippen molar-refractivity contribution in [2.24, 2.45) is 17.4 Å². The first kappa shape index (κ1) is 11.1. The molecule has 0 saturated carbocycles. The van der Waals surface area contributed by atoms with Crippen molar-refractivity contribution in [1.82, 2.24) is 0 Å². The fourth-order valence-electron chi connectivity index (χ4n) is 2.56. The summed E-state index contributed by atoms with van der Waals surface area (Å²) in [5.41, 5.74) is 11.7. The molecule has 90 valence electrons. The number of hydrogen-bond donors (Lipinski definition) is 2. The number of fused-ring (bicyclic) bond motifs is 2. The second kappa shape index (κ2) is 3.48. The van der Waals surface area contributed by atoms with Crippen LogP contribution in [0.1, 0.15) is 20.7 Å². The van der Waals surface area contributed by atoms with E-state index in [2.05, 4.69) is 0 Å². The molecule has 1 aromatic carbocycles. The Kier molecular flexibility index (Phi) is 2.14. The lowest BCUT2D eigenvalue weighted by Gasteiger charge is -2.36. The molecule has 0 spiro atoms. The lowest BCUT2D eigenvalue weighted by molar-refractivity contribution is 0.0844. The van der Waals surface area contributed by atoms with Gasteiger partial charge in [-0.05, 0) is 6.08 Å². The van der Waals surface area contributed by atoms with Crippen molar-refractivity contribution >= 4 is 11.6 Å². The van der Waals surface area contributed by atoms with E-state index < -0.39 is 11.6 Å². The fraction of sp³-hybridized carbons (Fsp3) is 0.143. The molecule has 2 aliphatic rings. The van der Waals surface area contributed by atoms with Crippen molar-refractivity contribution in [2.45, 2.75) is 5.66 Å². The van der Waals surface area contributed by atoms with Gasteiger partial charge >= 0.3 is 0 Å². The summed E-state index contributed by atoms with van der Waals surface area (Å²) >= 11 is 0. The van der Waals surface area contributed by atoms with E-state index in [0.29, 0.717) is 16.7 Å². The third kappa shape index (κ3) is 1.33. The zero-order valence-corrected chi connectivity index (χ0v) is 9.59. The quantitative estimate of drug-likeness (QED) is 0.656. The standard InChI is InChI=1S/C14H12N2O2/c15-14(16)7-3-6-10-11(14)13(18)9-5-2-1-4-8(9)12(10)17/h1-7,11H,15-16H2. The molecule has 4 heteroatoms. The number of benzene rings is 1. The summed E-state index contributed by atoms with van der Waals surface area (Å²) in [5.74, 6) is -1.14. The Morgan fingerprint density at radius 2 is 1.72 bits per heavy atom. The van der Waals surface area contributed by atoms with Crippen LogP contribution < -0.4 is 11.5 Å². The molecule has 0 aliphatic heterocycles. The van der Waals surface area contributed by atoms with Gasteiger partial charge in [-0.2, -0.15) is 0 Å². The van der Waals surface area contributed by atoms with Crippen LogP contribution in [0.3, 0.4) is 0 Å². The number of allylic oxidation sites excluding steroid dienone is 2. The summed E-state index contributed by atoms with van der Waals surface area (Å²) < 4.78 is 0. The Hall–Kier alpha value is -2.04. The van der Waals surface area contributed by atoms with Crippen molar-refractivity contribution in [2.75, 3.05) is 0 Å².